The summed E-state index contributed by atoms with van der Waals surface area (Å²) in [7, 11) is 0. The second kappa shape index (κ2) is 9.15. The van der Waals surface area contributed by atoms with Gasteiger partial charge >= 0.3 is 0 Å². The van der Waals surface area contributed by atoms with Crippen molar-refractivity contribution < 1.29 is 4.79 Å². The van der Waals surface area contributed by atoms with Crippen LogP contribution in [0.1, 0.15) is 42.6 Å². The number of rotatable bonds is 7. The third kappa shape index (κ3) is 5.05. The highest BCUT2D eigenvalue weighted by molar-refractivity contribution is 5.82. The van der Waals surface area contributed by atoms with Crippen molar-refractivity contribution in [3.05, 3.63) is 108 Å². The molecule has 2 atom stereocenters. The Kier molecular flexibility index (Phi) is 6.39. The molecule has 0 aliphatic heterocycles. The Bertz CT molecular complexity index is 795. The van der Waals surface area contributed by atoms with Crippen LogP contribution >= 0.6 is 0 Å². The summed E-state index contributed by atoms with van der Waals surface area (Å²) in [5.74, 6) is -0.0181. The molecule has 0 aliphatic carbocycles. The average molecular weight is 358 g/mol. The summed E-state index contributed by atoms with van der Waals surface area (Å²) in [5.41, 5.74) is 3.31. The fourth-order valence-corrected chi connectivity index (χ4v) is 3.21. The molecule has 0 fully saturated rings. The molecule has 0 bridgehead atoms. The summed E-state index contributed by atoms with van der Waals surface area (Å²) in [6, 6.07) is 29.9. The monoisotopic (exact) mass is 358 g/mol. The lowest BCUT2D eigenvalue weighted by atomic mass is 9.98. The average Bonchev–Trinajstić information content (AvgIpc) is 2.73. The van der Waals surface area contributed by atoms with E-state index in [1.54, 1.807) is 0 Å². The van der Waals surface area contributed by atoms with Crippen molar-refractivity contribution >= 4 is 5.91 Å². The molecule has 3 nitrogen and oxygen atoms in total. The summed E-state index contributed by atoms with van der Waals surface area (Å²) in [6.45, 7) is 3.98. The van der Waals surface area contributed by atoms with E-state index >= 15 is 0 Å². The Hall–Kier alpha value is -2.91. The van der Waals surface area contributed by atoms with Gasteiger partial charge in [0.05, 0.1) is 12.1 Å². The predicted octanol–water partition coefficient (Wildman–Crippen LogP) is 4.63. The maximum Gasteiger partial charge on any atom is 0.237 e. The van der Waals surface area contributed by atoms with Crippen LogP contribution in [0, 0.1) is 0 Å². The third-order valence-corrected chi connectivity index (χ3v) is 4.75. The van der Waals surface area contributed by atoms with Crippen LogP contribution in [0.15, 0.2) is 91.0 Å². The molecule has 3 heteroatoms. The lowest BCUT2D eigenvalue weighted by Gasteiger charge is -2.24. The zero-order valence-corrected chi connectivity index (χ0v) is 15.8. The van der Waals surface area contributed by atoms with Crippen molar-refractivity contribution in [3.63, 3.8) is 0 Å². The molecule has 0 aliphatic rings. The molecule has 0 spiro atoms. The van der Waals surface area contributed by atoms with Crippen molar-refractivity contribution in [2.24, 2.45) is 0 Å². The van der Waals surface area contributed by atoms with Crippen LogP contribution < -0.4 is 10.6 Å². The lowest BCUT2D eigenvalue weighted by molar-refractivity contribution is -0.123. The first-order valence-corrected chi connectivity index (χ1v) is 9.36. The summed E-state index contributed by atoms with van der Waals surface area (Å²) in [4.78, 5) is 12.9. The van der Waals surface area contributed by atoms with E-state index in [-0.39, 0.29) is 24.0 Å². The summed E-state index contributed by atoms with van der Waals surface area (Å²) in [6.07, 6.45) is 0. The molecule has 0 heterocycles. The highest BCUT2D eigenvalue weighted by Gasteiger charge is 2.21. The Morgan fingerprint density at radius 3 is 1.52 bits per heavy atom. The minimum atomic E-state index is -0.310. The van der Waals surface area contributed by atoms with Gasteiger partial charge in [0.1, 0.15) is 0 Å². The van der Waals surface area contributed by atoms with Gasteiger partial charge in [-0.2, -0.15) is 0 Å². The first kappa shape index (κ1) is 18.9. The predicted molar refractivity (Wildman–Crippen MR) is 110 cm³/mol. The van der Waals surface area contributed by atoms with Gasteiger partial charge in [-0.15, -0.1) is 0 Å². The van der Waals surface area contributed by atoms with Crippen molar-refractivity contribution in [1.29, 1.82) is 0 Å². The second-order valence-corrected chi connectivity index (χ2v) is 6.78. The van der Waals surface area contributed by atoms with Gasteiger partial charge in [-0.1, -0.05) is 91.0 Å². The van der Waals surface area contributed by atoms with Gasteiger partial charge in [0, 0.05) is 6.04 Å². The van der Waals surface area contributed by atoms with E-state index in [0.717, 1.165) is 11.1 Å². The molecule has 0 saturated carbocycles. The highest BCUT2D eigenvalue weighted by atomic mass is 16.2. The molecule has 3 aromatic carbocycles. The van der Waals surface area contributed by atoms with Crippen LogP contribution in [0.2, 0.25) is 0 Å². The Balaban J connectivity index is 1.72. The minimum Gasteiger partial charge on any atom is -0.344 e. The third-order valence-electron chi connectivity index (χ3n) is 4.75. The molecular weight excluding hydrogens is 332 g/mol. The number of carbonyl (C=O) groups excluding carboxylic acids is 1. The van der Waals surface area contributed by atoms with Crippen molar-refractivity contribution in [2.75, 3.05) is 0 Å². The molecule has 0 aromatic heterocycles. The fraction of sp³-hybridized carbons (Fsp3) is 0.208. The fourth-order valence-electron chi connectivity index (χ4n) is 3.21. The van der Waals surface area contributed by atoms with E-state index in [0.29, 0.717) is 0 Å². The minimum absolute atomic E-state index is 0.0181. The van der Waals surface area contributed by atoms with Crippen LogP contribution in [-0.2, 0) is 4.79 Å². The second-order valence-electron chi connectivity index (χ2n) is 6.78. The zero-order valence-electron chi connectivity index (χ0n) is 15.8. The number of amides is 1. The number of hydrogen-bond acceptors (Lipinski definition) is 2. The summed E-state index contributed by atoms with van der Waals surface area (Å²) in [5, 5.41) is 6.60. The van der Waals surface area contributed by atoms with Gasteiger partial charge in [0.2, 0.25) is 5.91 Å². The Morgan fingerprint density at radius 2 is 1.07 bits per heavy atom. The molecule has 0 saturated heterocycles. The van der Waals surface area contributed by atoms with Gasteiger partial charge in [0.15, 0.2) is 0 Å². The molecule has 27 heavy (non-hydrogen) atoms. The normalized spacial score (nSPS) is 13.1. The number of carbonyl (C=O) groups is 1. The van der Waals surface area contributed by atoms with E-state index < -0.39 is 0 Å². The van der Waals surface area contributed by atoms with E-state index in [9.17, 15) is 4.79 Å². The van der Waals surface area contributed by atoms with Crippen LogP contribution in [0.25, 0.3) is 0 Å². The SMILES string of the molecule is C[C@H](N[C@H](C)C(=O)NC(c1ccccc1)c1ccccc1)c1ccccc1. The molecule has 1 amide bonds. The molecule has 3 aromatic rings. The highest BCUT2D eigenvalue weighted by Crippen LogP contribution is 2.22. The maximum atomic E-state index is 12.9. The van der Waals surface area contributed by atoms with E-state index in [1.807, 2.05) is 85.8 Å². The molecule has 0 unspecified atom stereocenters. The Morgan fingerprint density at radius 1 is 0.667 bits per heavy atom. The van der Waals surface area contributed by atoms with E-state index in [1.165, 1.54) is 5.56 Å². The van der Waals surface area contributed by atoms with Gasteiger partial charge in [0.25, 0.3) is 0 Å². The first-order valence-electron chi connectivity index (χ1n) is 9.36. The van der Waals surface area contributed by atoms with E-state index in [2.05, 4.69) is 29.7 Å². The largest absolute Gasteiger partial charge is 0.344 e. The van der Waals surface area contributed by atoms with Crippen molar-refractivity contribution in [1.82, 2.24) is 10.6 Å². The standard InChI is InChI=1S/C24H26N2O/c1-18(20-12-6-3-7-13-20)25-19(2)24(27)26-23(21-14-8-4-9-15-21)22-16-10-5-11-17-22/h3-19,23,25H,1-2H3,(H,26,27)/t18-,19+/m0/s1. The zero-order chi connectivity index (χ0) is 19.1. The quantitative estimate of drug-likeness (QED) is 0.646. The molecular formula is C24H26N2O. The molecule has 138 valence electrons. The Labute approximate surface area is 161 Å². The number of nitrogens with one attached hydrogen (secondary N) is 2. The van der Waals surface area contributed by atoms with Gasteiger partial charge in [-0.25, -0.2) is 0 Å². The van der Waals surface area contributed by atoms with Crippen LogP contribution in [0.5, 0.6) is 0 Å². The van der Waals surface area contributed by atoms with Crippen molar-refractivity contribution in [3.8, 4) is 0 Å². The van der Waals surface area contributed by atoms with Gasteiger partial charge < -0.3 is 5.32 Å². The molecule has 2 N–H and O–H groups in total. The van der Waals surface area contributed by atoms with Gasteiger partial charge in [-0.05, 0) is 30.5 Å². The van der Waals surface area contributed by atoms with Crippen LogP contribution in [-0.4, -0.2) is 11.9 Å². The summed E-state index contributed by atoms with van der Waals surface area (Å²) < 4.78 is 0. The smallest absolute Gasteiger partial charge is 0.237 e. The van der Waals surface area contributed by atoms with Crippen LogP contribution in [0.3, 0.4) is 0 Å². The molecule has 0 radical (unpaired) electrons. The molecule has 3 rings (SSSR count). The lowest BCUT2D eigenvalue weighted by Crippen LogP contribution is -2.44. The van der Waals surface area contributed by atoms with Crippen molar-refractivity contribution in [2.45, 2.75) is 32.0 Å². The topological polar surface area (TPSA) is 41.1 Å². The van der Waals surface area contributed by atoms with Crippen LogP contribution in [0.4, 0.5) is 0 Å². The first-order chi connectivity index (χ1) is 13.1. The number of benzene rings is 3. The summed E-state index contributed by atoms with van der Waals surface area (Å²) >= 11 is 0. The van der Waals surface area contributed by atoms with E-state index in [4.69, 9.17) is 0 Å². The number of hydrogen-bond donors (Lipinski definition) is 2. The maximum absolute atomic E-state index is 12.9. The van der Waals surface area contributed by atoms with Gasteiger partial charge in [-0.3, -0.25) is 10.1 Å².